The van der Waals surface area contributed by atoms with Gasteiger partial charge >= 0.3 is 0 Å². The molecule has 1 aliphatic heterocycles. The summed E-state index contributed by atoms with van der Waals surface area (Å²) in [4.78, 5) is 0. The molecule has 0 aliphatic carbocycles. The maximum Gasteiger partial charge on any atom is 0.117 e. The zero-order valence-corrected chi connectivity index (χ0v) is 14.0. The van der Waals surface area contributed by atoms with E-state index in [2.05, 4.69) is 33.0 Å². The Bertz CT molecular complexity index is 397. The van der Waals surface area contributed by atoms with E-state index in [-0.39, 0.29) is 5.60 Å². The molecule has 1 aliphatic rings. The Morgan fingerprint density at radius 1 is 1.38 bits per heavy atom. The van der Waals surface area contributed by atoms with Gasteiger partial charge in [0.25, 0.3) is 0 Å². The molecule has 2 heterocycles. The molecule has 1 fully saturated rings. The largest absolute Gasteiger partial charge is 0.468 e. The Morgan fingerprint density at radius 3 is 2.81 bits per heavy atom. The normalized spacial score (nSPS) is 23.4. The van der Waals surface area contributed by atoms with Gasteiger partial charge in [0, 0.05) is 6.61 Å². The molecule has 120 valence electrons. The Labute approximate surface area is 129 Å². The molecule has 1 aromatic rings. The van der Waals surface area contributed by atoms with E-state index in [0.717, 1.165) is 43.2 Å². The maximum absolute atomic E-state index is 5.87. The summed E-state index contributed by atoms with van der Waals surface area (Å²) in [5.74, 6) is 3.31. The minimum atomic E-state index is 0.0532. The molecule has 0 aromatic carbocycles. The molecule has 1 aromatic heterocycles. The van der Waals surface area contributed by atoms with Gasteiger partial charge < -0.3 is 14.5 Å². The van der Waals surface area contributed by atoms with Crippen molar-refractivity contribution < 1.29 is 9.15 Å². The molecule has 3 nitrogen and oxygen atoms in total. The van der Waals surface area contributed by atoms with Crippen LogP contribution in [0.15, 0.2) is 22.8 Å². The van der Waals surface area contributed by atoms with Gasteiger partial charge in [0.05, 0.1) is 18.4 Å². The lowest BCUT2D eigenvalue weighted by molar-refractivity contribution is -0.0867. The summed E-state index contributed by atoms with van der Waals surface area (Å²) in [5, 5.41) is 3.51. The van der Waals surface area contributed by atoms with Gasteiger partial charge in [-0.15, -0.1) is 0 Å². The van der Waals surface area contributed by atoms with Crippen LogP contribution in [-0.2, 0) is 11.3 Å². The molecule has 1 N–H and O–H groups in total. The molecule has 2 rings (SSSR count). The van der Waals surface area contributed by atoms with E-state index in [1.165, 1.54) is 19.3 Å². The number of furan rings is 1. The first-order chi connectivity index (χ1) is 9.98. The van der Waals surface area contributed by atoms with Gasteiger partial charge in [-0.1, -0.05) is 13.8 Å². The van der Waals surface area contributed by atoms with Crippen molar-refractivity contribution in [2.45, 2.75) is 59.1 Å². The Kier molecular flexibility index (Phi) is 5.88. The molecule has 2 atom stereocenters. The first-order valence-corrected chi connectivity index (χ1v) is 8.35. The first-order valence-electron chi connectivity index (χ1n) is 8.35. The SMILES string of the molecule is CC(C)C(CCNCc1ccco1)C1CCOC(C)(C)C1. The highest BCUT2D eigenvalue weighted by Crippen LogP contribution is 2.37. The van der Waals surface area contributed by atoms with Crippen molar-refractivity contribution in [3.05, 3.63) is 24.2 Å². The van der Waals surface area contributed by atoms with E-state index in [1.54, 1.807) is 6.26 Å². The van der Waals surface area contributed by atoms with Crippen LogP contribution in [0.1, 0.15) is 52.7 Å². The van der Waals surface area contributed by atoms with E-state index in [4.69, 9.17) is 9.15 Å². The van der Waals surface area contributed by atoms with Crippen molar-refractivity contribution in [1.29, 1.82) is 0 Å². The van der Waals surface area contributed by atoms with Crippen LogP contribution < -0.4 is 5.32 Å². The van der Waals surface area contributed by atoms with Crippen LogP contribution >= 0.6 is 0 Å². The van der Waals surface area contributed by atoms with Crippen molar-refractivity contribution in [3.63, 3.8) is 0 Å². The summed E-state index contributed by atoms with van der Waals surface area (Å²) < 4.78 is 11.2. The summed E-state index contributed by atoms with van der Waals surface area (Å²) >= 11 is 0. The monoisotopic (exact) mass is 293 g/mol. The quantitative estimate of drug-likeness (QED) is 0.764. The Balaban J connectivity index is 1.78. The number of hydrogen-bond donors (Lipinski definition) is 1. The predicted molar refractivity (Wildman–Crippen MR) is 86.1 cm³/mol. The van der Waals surface area contributed by atoms with Crippen LogP contribution in [0, 0.1) is 17.8 Å². The highest BCUT2D eigenvalue weighted by Gasteiger charge is 2.34. The minimum Gasteiger partial charge on any atom is -0.468 e. The van der Waals surface area contributed by atoms with Crippen LogP contribution in [0.4, 0.5) is 0 Å². The molecular formula is C18H31NO2. The molecule has 0 bridgehead atoms. The third-order valence-electron chi connectivity index (χ3n) is 4.73. The molecule has 2 unspecified atom stereocenters. The van der Waals surface area contributed by atoms with Crippen LogP contribution in [0.5, 0.6) is 0 Å². The van der Waals surface area contributed by atoms with Gasteiger partial charge in [0.1, 0.15) is 5.76 Å². The Morgan fingerprint density at radius 2 is 2.19 bits per heavy atom. The summed E-state index contributed by atoms with van der Waals surface area (Å²) in [6.45, 7) is 12.0. The van der Waals surface area contributed by atoms with Gasteiger partial charge in [0.15, 0.2) is 0 Å². The number of ether oxygens (including phenoxy) is 1. The van der Waals surface area contributed by atoms with Crippen LogP contribution in [0.25, 0.3) is 0 Å². The molecule has 0 amide bonds. The number of nitrogens with one attached hydrogen (secondary N) is 1. The van der Waals surface area contributed by atoms with Crippen molar-refractivity contribution in [2.24, 2.45) is 17.8 Å². The van der Waals surface area contributed by atoms with Gasteiger partial charge in [-0.25, -0.2) is 0 Å². The molecule has 21 heavy (non-hydrogen) atoms. The highest BCUT2D eigenvalue weighted by atomic mass is 16.5. The summed E-state index contributed by atoms with van der Waals surface area (Å²) in [7, 11) is 0. The maximum atomic E-state index is 5.87. The lowest BCUT2D eigenvalue weighted by Crippen LogP contribution is -2.38. The fourth-order valence-electron chi connectivity index (χ4n) is 3.65. The zero-order chi connectivity index (χ0) is 15.3. The third-order valence-corrected chi connectivity index (χ3v) is 4.73. The Hall–Kier alpha value is -0.800. The number of rotatable bonds is 7. The second kappa shape index (κ2) is 7.46. The molecule has 1 saturated heterocycles. The van der Waals surface area contributed by atoms with E-state index in [9.17, 15) is 0 Å². The van der Waals surface area contributed by atoms with Crippen LogP contribution in [0.3, 0.4) is 0 Å². The van der Waals surface area contributed by atoms with Crippen molar-refractivity contribution in [1.82, 2.24) is 5.32 Å². The van der Waals surface area contributed by atoms with E-state index in [0.29, 0.717) is 0 Å². The molecule has 3 heteroatoms. The molecule has 0 spiro atoms. The lowest BCUT2D eigenvalue weighted by Gasteiger charge is -2.40. The fraction of sp³-hybridized carbons (Fsp3) is 0.778. The topological polar surface area (TPSA) is 34.4 Å². The summed E-state index contributed by atoms with van der Waals surface area (Å²) in [6, 6.07) is 3.96. The average molecular weight is 293 g/mol. The van der Waals surface area contributed by atoms with Crippen molar-refractivity contribution in [2.75, 3.05) is 13.2 Å². The van der Waals surface area contributed by atoms with Crippen molar-refractivity contribution >= 4 is 0 Å². The lowest BCUT2D eigenvalue weighted by atomic mass is 9.73. The van der Waals surface area contributed by atoms with Gasteiger partial charge in [0.2, 0.25) is 0 Å². The summed E-state index contributed by atoms with van der Waals surface area (Å²) in [5.41, 5.74) is 0.0532. The second-order valence-corrected chi connectivity index (χ2v) is 7.31. The van der Waals surface area contributed by atoms with Gasteiger partial charge in [-0.05, 0) is 69.5 Å². The van der Waals surface area contributed by atoms with Gasteiger partial charge in [-0.3, -0.25) is 0 Å². The third kappa shape index (κ3) is 5.15. The van der Waals surface area contributed by atoms with Crippen LogP contribution in [-0.4, -0.2) is 18.8 Å². The van der Waals surface area contributed by atoms with E-state index >= 15 is 0 Å². The molecular weight excluding hydrogens is 262 g/mol. The zero-order valence-electron chi connectivity index (χ0n) is 14.0. The minimum absolute atomic E-state index is 0.0532. The standard InChI is InChI=1S/C18H31NO2/c1-14(2)17(15-8-11-21-18(3,4)12-15)7-9-19-13-16-6-5-10-20-16/h5-6,10,14-15,17,19H,7-9,11-13H2,1-4H3. The van der Waals surface area contributed by atoms with Crippen molar-refractivity contribution in [3.8, 4) is 0 Å². The van der Waals surface area contributed by atoms with Crippen LogP contribution in [0.2, 0.25) is 0 Å². The smallest absolute Gasteiger partial charge is 0.117 e. The first kappa shape index (κ1) is 16.6. The van der Waals surface area contributed by atoms with Gasteiger partial charge in [-0.2, -0.15) is 0 Å². The predicted octanol–water partition coefficient (Wildman–Crippen LogP) is 4.24. The van der Waals surface area contributed by atoms with E-state index < -0.39 is 0 Å². The summed E-state index contributed by atoms with van der Waals surface area (Å²) in [6.07, 6.45) is 5.37. The average Bonchev–Trinajstić information content (AvgIpc) is 2.90. The molecule has 0 saturated carbocycles. The molecule has 0 radical (unpaired) electrons. The van der Waals surface area contributed by atoms with E-state index in [1.807, 2.05) is 12.1 Å². The highest BCUT2D eigenvalue weighted by molar-refractivity contribution is 4.97. The second-order valence-electron chi connectivity index (χ2n) is 7.31. The fourth-order valence-corrected chi connectivity index (χ4v) is 3.65. The number of hydrogen-bond acceptors (Lipinski definition) is 3.